The van der Waals surface area contributed by atoms with Gasteiger partial charge in [-0.15, -0.1) is 0 Å². The maximum absolute atomic E-state index is 12.9. The van der Waals surface area contributed by atoms with Crippen molar-refractivity contribution in [3.05, 3.63) is 18.2 Å². The number of carbonyl (C=O) groups excluding carboxylic acids is 5. The van der Waals surface area contributed by atoms with Crippen LogP contribution in [0.5, 0.6) is 0 Å². The summed E-state index contributed by atoms with van der Waals surface area (Å²) in [5.74, 6) is -3.68. The second-order valence-corrected chi connectivity index (χ2v) is 7.36. The summed E-state index contributed by atoms with van der Waals surface area (Å²) in [6.45, 7) is -0.245. The van der Waals surface area contributed by atoms with Crippen molar-refractivity contribution in [2.24, 2.45) is 22.2 Å². The normalized spacial score (nSPS) is 22.0. The molecule has 11 N–H and O–H groups in total. The molecule has 1 fully saturated rings. The molecule has 1 aliphatic rings. The third-order valence-electron chi connectivity index (χ3n) is 4.67. The van der Waals surface area contributed by atoms with Gasteiger partial charge in [0.25, 0.3) is 0 Å². The second-order valence-electron chi connectivity index (χ2n) is 7.36. The van der Waals surface area contributed by atoms with Gasteiger partial charge in [0.05, 0.1) is 19.3 Å². The Labute approximate surface area is 188 Å². The summed E-state index contributed by atoms with van der Waals surface area (Å²) < 4.78 is 0. The highest BCUT2D eigenvalue weighted by Gasteiger charge is 2.32. The molecule has 0 aromatic carbocycles. The van der Waals surface area contributed by atoms with Crippen molar-refractivity contribution in [2.75, 3.05) is 13.1 Å². The maximum Gasteiger partial charge on any atom is 0.243 e. The molecule has 0 spiro atoms. The van der Waals surface area contributed by atoms with E-state index >= 15 is 0 Å². The summed E-state index contributed by atoms with van der Waals surface area (Å²) in [4.78, 5) is 72.5. The number of amides is 5. The van der Waals surface area contributed by atoms with E-state index in [0.29, 0.717) is 12.1 Å². The monoisotopic (exact) mass is 464 g/mol. The molecule has 15 nitrogen and oxygen atoms in total. The number of hydrogen-bond acceptors (Lipinski definition) is 7. The van der Waals surface area contributed by atoms with Gasteiger partial charge in [-0.3, -0.25) is 29.0 Å². The number of aromatic nitrogens is 2. The number of imidazole rings is 1. The lowest BCUT2D eigenvalue weighted by Gasteiger charge is -2.26. The fourth-order valence-corrected chi connectivity index (χ4v) is 3.09. The Balaban J connectivity index is 2.25. The van der Waals surface area contributed by atoms with Crippen molar-refractivity contribution in [2.45, 2.75) is 43.8 Å². The zero-order valence-electron chi connectivity index (χ0n) is 17.8. The summed E-state index contributed by atoms with van der Waals surface area (Å²) in [6.07, 6.45) is 2.93. The van der Waals surface area contributed by atoms with E-state index in [1.165, 1.54) is 12.5 Å². The van der Waals surface area contributed by atoms with Crippen LogP contribution in [-0.4, -0.2) is 76.7 Å². The van der Waals surface area contributed by atoms with Crippen molar-refractivity contribution >= 4 is 35.5 Å². The number of aromatic amines is 1. The van der Waals surface area contributed by atoms with Gasteiger partial charge in [0.15, 0.2) is 5.96 Å². The minimum atomic E-state index is -1.32. The highest BCUT2D eigenvalue weighted by molar-refractivity contribution is 5.97. The van der Waals surface area contributed by atoms with E-state index in [9.17, 15) is 24.0 Å². The standard InChI is InChI=1S/C18H28N10O5/c19-13(29)5-12-15(31)24-7-14(30)26-10(2-1-3-23-18(20)21)16(32)27-11(17(33)28-12)4-9-6-22-8-25-9/h6,8,10-12H,1-5,7H2,(H2,19,29)(H,22,25)(H,24,31)(H,26,30)(H,27,32)(H,28,33)(H4,20,21,23)/t10-,11-,12-/m0/s1. The topological polar surface area (TPSA) is 253 Å². The summed E-state index contributed by atoms with van der Waals surface area (Å²) in [7, 11) is 0. The lowest BCUT2D eigenvalue weighted by molar-refractivity contribution is -0.136. The number of H-pyrrole nitrogens is 1. The van der Waals surface area contributed by atoms with E-state index in [1.807, 2.05) is 0 Å². The van der Waals surface area contributed by atoms with Gasteiger partial charge in [-0.1, -0.05) is 0 Å². The van der Waals surface area contributed by atoms with Crippen molar-refractivity contribution in [1.29, 1.82) is 0 Å². The van der Waals surface area contributed by atoms with Gasteiger partial charge in [-0.05, 0) is 12.8 Å². The molecule has 0 unspecified atom stereocenters. The van der Waals surface area contributed by atoms with Crippen LogP contribution >= 0.6 is 0 Å². The van der Waals surface area contributed by atoms with Gasteiger partial charge in [0.1, 0.15) is 18.1 Å². The smallest absolute Gasteiger partial charge is 0.243 e. The van der Waals surface area contributed by atoms with Crippen LogP contribution in [0.4, 0.5) is 0 Å². The van der Waals surface area contributed by atoms with Crippen LogP contribution in [0.1, 0.15) is 25.0 Å². The van der Waals surface area contributed by atoms with Crippen molar-refractivity contribution in [1.82, 2.24) is 31.2 Å². The Kier molecular flexibility index (Phi) is 9.14. The molecule has 1 saturated heterocycles. The lowest BCUT2D eigenvalue weighted by Crippen LogP contribution is -2.60. The molecule has 1 aromatic rings. The molecule has 1 aliphatic heterocycles. The predicted octanol–water partition coefficient (Wildman–Crippen LogP) is -4.53. The molecule has 3 atom stereocenters. The number of hydrogen-bond donors (Lipinski definition) is 8. The molecular weight excluding hydrogens is 436 g/mol. The third-order valence-corrected chi connectivity index (χ3v) is 4.67. The molecule has 0 radical (unpaired) electrons. The summed E-state index contributed by atoms with van der Waals surface area (Å²) in [6, 6.07) is -3.47. The number of nitrogens with two attached hydrogens (primary N) is 3. The van der Waals surface area contributed by atoms with E-state index in [-0.39, 0.29) is 25.3 Å². The number of nitrogens with one attached hydrogen (secondary N) is 5. The molecule has 1 aromatic heterocycles. The van der Waals surface area contributed by atoms with E-state index in [4.69, 9.17) is 17.2 Å². The van der Waals surface area contributed by atoms with E-state index < -0.39 is 60.6 Å². The van der Waals surface area contributed by atoms with Crippen LogP contribution in [0.25, 0.3) is 0 Å². The zero-order chi connectivity index (χ0) is 24.4. The molecule has 180 valence electrons. The number of rotatable bonds is 8. The minimum Gasteiger partial charge on any atom is -0.370 e. The van der Waals surface area contributed by atoms with Gasteiger partial charge in [0.2, 0.25) is 29.5 Å². The average molecular weight is 464 g/mol. The number of primary amides is 1. The zero-order valence-corrected chi connectivity index (χ0v) is 17.8. The molecule has 2 heterocycles. The van der Waals surface area contributed by atoms with Crippen LogP contribution in [-0.2, 0) is 30.4 Å². The Morgan fingerprint density at radius 2 is 1.70 bits per heavy atom. The molecule has 0 bridgehead atoms. The summed E-state index contributed by atoms with van der Waals surface area (Å²) in [5, 5.41) is 9.85. The van der Waals surface area contributed by atoms with Gasteiger partial charge < -0.3 is 43.5 Å². The first-order valence-corrected chi connectivity index (χ1v) is 10.1. The van der Waals surface area contributed by atoms with E-state index in [2.05, 4.69) is 36.2 Å². The number of nitrogens with zero attached hydrogens (tertiary/aromatic N) is 2. The van der Waals surface area contributed by atoms with E-state index in [1.54, 1.807) is 0 Å². The molecule has 15 heteroatoms. The van der Waals surface area contributed by atoms with Crippen LogP contribution in [0.3, 0.4) is 0 Å². The highest BCUT2D eigenvalue weighted by Crippen LogP contribution is 2.05. The Morgan fingerprint density at radius 3 is 2.33 bits per heavy atom. The van der Waals surface area contributed by atoms with Crippen molar-refractivity contribution < 1.29 is 24.0 Å². The molecule has 0 saturated carbocycles. The summed E-state index contributed by atoms with van der Waals surface area (Å²) >= 11 is 0. The van der Waals surface area contributed by atoms with Gasteiger partial charge in [0, 0.05) is 24.9 Å². The average Bonchev–Trinajstić information content (AvgIpc) is 3.25. The number of carbonyl (C=O) groups is 5. The first-order valence-electron chi connectivity index (χ1n) is 10.1. The van der Waals surface area contributed by atoms with Crippen LogP contribution in [0.15, 0.2) is 17.5 Å². The largest absolute Gasteiger partial charge is 0.370 e. The lowest BCUT2D eigenvalue weighted by atomic mass is 10.1. The van der Waals surface area contributed by atoms with Crippen molar-refractivity contribution in [3.8, 4) is 0 Å². The van der Waals surface area contributed by atoms with Crippen molar-refractivity contribution in [3.63, 3.8) is 0 Å². The highest BCUT2D eigenvalue weighted by atomic mass is 16.2. The molecular formula is C18H28N10O5. The Hall–Kier alpha value is -4.17. The summed E-state index contributed by atoms with van der Waals surface area (Å²) in [5.41, 5.74) is 16.3. The van der Waals surface area contributed by atoms with Gasteiger partial charge >= 0.3 is 0 Å². The maximum atomic E-state index is 12.9. The fraction of sp³-hybridized carbons (Fsp3) is 0.500. The number of guanidine groups is 1. The Bertz CT molecular complexity index is 896. The van der Waals surface area contributed by atoms with Crippen LogP contribution in [0, 0.1) is 0 Å². The van der Waals surface area contributed by atoms with Crippen LogP contribution < -0.4 is 38.5 Å². The van der Waals surface area contributed by atoms with Crippen LogP contribution in [0.2, 0.25) is 0 Å². The first kappa shape index (κ1) is 25.1. The number of aliphatic imine (C=N–C) groups is 1. The molecule has 5 amide bonds. The van der Waals surface area contributed by atoms with Gasteiger partial charge in [-0.25, -0.2) is 4.98 Å². The molecule has 0 aliphatic carbocycles. The first-order chi connectivity index (χ1) is 15.7. The fourth-order valence-electron chi connectivity index (χ4n) is 3.09. The second kappa shape index (κ2) is 12.0. The Morgan fingerprint density at radius 1 is 1.00 bits per heavy atom. The van der Waals surface area contributed by atoms with Gasteiger partial charge in [-0.2, -0.15) is 0 Å². The predicted molar refractivity (Wildman–Crippen MR) is 115 cm³/mol. The SMILES string of the molecule is NC(=O)C[C@@H]1NC(=O)[C@H](Cc2cnc[nH]2)NC(=O)[C@H](CCCN=C(N)N)NC(=O)CNC1=O. The minimum absolute atomic E-state index is 0.0111. The molecule has 33 heavy (non-hydrogen) atoms. The quantitative estimate of drug-likeness (QED) is 0.105. The van der Waals surface area contributed by atoms with E-state index in [0.717, 1.165) is 0 Å². The third kappa shape index (κ3) is 8.47. The molecule has 2 rings (SSSR count).